The molecule has 0 fully saturated rings. The van der Waals surface area contributed by atoms with E-state index in [4.69, 9.17) is 30.5 Å². The number of furan rings is 1. The number of hydrogen-bond donors (Lipinski definition) is 0. The highest BCUT2D eigenvalue weighted by molar-refractivity contribution is 9.10. The summed E-state index contributed by atoms with van der Waals surface area (Å²) in [5, 5.41) is 1.49. The second kappa shape index (κ2) is 13.2. The predicted molar refractivity (Wildman–Crippen MR) is 176 cm³/mol. The Bertz CT molecular complexity index is 2140. The quantitative estimate of drug-likeness (QED) is 0.138. The van der Waals surface area contributed by atoms with E-state index in [9.17, 15) is 9.59 Å². The molecular formula is C32H24BrClN4O5S2. The molecule has 0 amide bonds. The second-order valence-corrected chi connectivity index (χ2v) is 12.9. The van der Waals surface area contributed by atoms with Gasteiger partial charge in [-0.2, -0.15) is 0 Å². The molecule has 0 radical (unpaired) electrons. The summed E-state index contributed by atoms with van der Waals surface area (Å²) in [6.07, 6.45) is 3.33. The fraction of sp³-hybridized carbons (Fsp3) is 0.156. The van der Waals surface area contributed by atoms with E-state index in [0.717, 1.165) is 5.69 Å². The zero-order chi connectivity index (χ0) is 31.7. The van der Waals surface area contributed by atoms with Crippen LogP contribution in [0.2, 0.25) is 5.02 Å². The van der Waals surface area contributed by atoms with Gasteiger partial charge in [-0.15, -0.1) is 0 Å². The molecule has 2 aromatic carbocycles. The number of halogens is 2. The Morgan fingerprint density at radius 1 is 1.20 bits per heavy atom. The molecule has 0 bridgehead atoms. The molecule has 228 valence electrons. The van der Waals surface area contributed by atoms with Gasteiger partial charge in [0.2, 0.25) is 0 Å². The number of carbonyl (C=O) groups excluding carboxylic acids is 1. The minimum Gasteiger partial charge on any atom is -0.496 e. The zero-order valence-corrected chi connectivity index (χ0v) is 28.1. The highest BCUT2D eigenvalue weighted by Crippen LogP contribution is 2.40. The lowest BCUT2D eigenvalue weighted by Gasteiger charge is -2.27. The molecule has 13 heteroatoms. The van der Waals surface area contributed by atoms with Gasteiger partial charge in [-0.1, -0.05) is 53.3 Å². The van der Waals surface area contributed by atoms with E-state index < -0.39 is 12.0 Å². The van der Waals surface area contributed by atoms with Crippen LogP contribution < -0.4 is 19.6 Å². The molecule has 6 rings (SSSR count). The number of thiazole rings is 1. The summed E-state index contributed by atoms with van der Waals surface area (Å²) >= 11 is 12.5. The highest BCUT2D eigenvalue weighted by Gasteiger charge is 2.37. The number of benzene rings is 2. The van der Waals surface area contributed by atoms with Crippen LogP contribution in [0.1, 0.15) is 35.5 Å². The van der Waals surface area contributed by atoms with Gasteiger partial charge in [-0.25, -0.2) is 19.8 Å². The van der Waals surface area contributed by atoms with Gasteiger partial charge in [0.05, 0.1) is 34.0 Å². The third-order valence-corrected chi connectivity index (χ3v) is 9.70. The number of nitrogens with zero attached hydrogens (tertiary/aromatic N) is 4. The first-order chi connectivity index (χ1) is 21.8. The average Bonchev–Trinajstić information content (AvgIpc) is 3.53. The van der Waals surface area contributed by atoms with E-state index in [1.807, 2.05) is 43.3 Å². The Hall–Kier alpha value is -3.97. The topological polar surface area (TPSA) is 109 Å². The Labute approximate surface area is 279 Å². The Balaban J connectivity index is 1.56. The van der Waals surface area contributed by atoms with E-state index in [0.29, 0.717) is 57.4 Å². The molecule has 0 saturated carbocycles. The minimum atomic E-state index is -0.945. The number of aromatic nitrogens is 3. The molecule has 9 nitrogen and oxygen atoms in total. The average molecular weight is 724 g/mol. The molecule has 0 unspecified atom stereocenters. The Morgan fingerprint density at radius 2 is 2.00 bits per heavy atom. The third kappa shape index (κ3) is 6.28. The first-order valence-electron chi connectivity index (χ1n) is 13.7. The van der Waals surface area contributed by atoms with Gasteiger partial charge in [-0.3, -0.25) is 9.36 Å². The molecule has 0 N–H and O–H groups in total. The van der Waals surface area contributed by atoms with Crippen LogP contribution in [0, 0.1) is 6.92 Å². The van der Waals surface area contributed by atoms with Gasteiger partial charge >= 0.3 is 5.97 Å². The molecule has 5 aromatic rings. The monoisotopic (exact) mass is 722 g/mol. The molecule has 0 aliphatic carbocycles. The van der Waals surface area contributed by atoms with Crippen LogP contribution in [0.15, 0.2) is 101 Å². The lowest BCUT2D eigenvalue weighted by molar-refractivity contribution is -0.138. The number of methoxy groups -OCH3 is 1. The normalized spacial score (nSPS) is 14.7. The Kier molecular flexibility index (Phi) is 9.09. The van der Waals surface area contributed by atoms with Gasteiger partial charge in [0.1, 0.15) is 17.6 Å². The maximum atomic E-state index is 14.2. The van der Waals surface area contributed by atoms with Crippen LogP contribution in [0.5, 0.6) is 5.75 Å². The number of aryl methyl sites for hydroxylation is 1. The molecule has 4 heterocycles. The van der Waals surface area contributed by atoms with Gasteiger partial charge in [0.15, 0.2) is 15.1 Å². The SMILES string of the molecule is CCOC(=O)C1=C(c2ccccc2)N=c2s/c(=C\c3cc(Br)c(Sc4nccc(C)n4)o3)c(=O)n2[C@@H]1c1cc(Cl)ccc1OC. The predicted octanol–water partition coefficient (Wildman–Crippen LogP) is 6.20. The summed E-state index contributed by atoms with van der Waals surface area (Å²) in [6, 6.07) is 17.0. The number of hydrogen-bond acceptors (Lipinski definition) is 10. The van der Waals surface area contributed by atoms with E-state index in [1.165, 1.54) is 34.8 Å². The number of carbonyl (C=O) groups is 1. The van der Waals surface area contributed by atoms with Crippen molar-refractivity contribution in [3.63, 3.8) is 0 Å². The smallest absolute Gasteiger partial charge is 0.338 e. The van der Waals surface area contributed by atoms with Crippen molar-refractivity contribution < 1.29 is 18.7 Å². The van der Waals surface area contributed by atoms with Crippen molar-refractivity contribution in [1.82, 2.24) is 14.5 Å². The Morgan fingerprint density at radius 3 is 2.73 bits per heavy atom. The first kappa shape index (κ1) is 31.0. The molecule has 1 atom stereocenters. The summed E-state index contributed by atoms with van der Waals surface area (Å²) in [5.74, 6) is 0.286. The molecule has 1 aliphatic heterocycles. The van der Waals surface area contributed by atoms with Crippen LogP contribution in [-0.4, -0.2) is 34.2 Å². The number of ether oxygens (including phenoxy) is 2. The van der Waals surface area contributed by atoms with E-state index in [1.54, 1.807) is 43.5 Å². The van der Waals surface area contributed by atoms with Gasteiger partial charge in [0, 0.05) is 34.1 Å². The van der Waals surface area contributed by atoms with Crippen LogP contribution >= 0.6 is 50.6 Å². The van der Waals surface area contributed by atoms with Crippen LogP contribution in [-0.2, 0) is 9.53 Å². The second-order valence-electron chi connectivity index (χ2n) is 9.68. The highest BCUT2D eigenvalue weighted by atomic mass is 79.9. The van der Waals surface area contributed by atoms with Gasteiger partial charge in [-0.05, 0) is 71.9 Å². The molecule has 1 aliphatic rings. The fourth-order valence-electron chi connectivity index (χ4n) is 4.85. The standard InChI is InChI=1S/C32H24BrClN4O5S2/c1-4-42-29(40)25-26(18-8-6-5-7-9-18)37-32-38(27(25)21-14-19(34)10-11-23(21)41-3)28(39)24(44-32)16-20-15-22(33)30(43-20)45-31-35-13-12-17(2)36-31/h5-16,27H,4H2,1-3H3/b24-16-/t27-/m1/s1. The summed E-state index contributed by atoms with van der Waals surface area (Å²) in [5.41, 5.74) is 2.26. The maximum Gasteiger partial charge on any atom is 0.338 e. The lowest BCUT2D eigenvalue weighted by Crippen LogP contribution is -2.40. The molecule has 45 heavy (non-hydrogen) atoms. The van der Waals surface area contributed by atoms with E-state index >= 15 is 0 Å². The summed E-state index contributed by atoms with van der Waals surface area (Å²) in [7, 11) is 1.52. The van der Waals surface area contributed by atoms with Crippen LogP contribution in [0.25, 0.3) is 11.8 Å². The van der Waals surface area contributed by atoms with E-state index in [2.05, 4.69) is 25.9 Å². The largest absolute Gasteiger partial charge is 0.496 e. The molecule has 0 spiro atoms. The number of fused-ring (bicyclic) bond motifs is 1. The number of esters is 1. The van der Waals surface area contributed by atoms with Gasteiger partial charge in [0.25, 0.3) is 5.56 Å². The summed E-state index contributed by atoms with van der Waals surface area (Å²) in [4.78, 5) is 41.9. The van der Waals surface area contributed by atoms with Crippen molar-refractivity contribution in [2.45, 2.75) is 30.1 Å². The maximum absolute atomic E-state index is 14.2. The van der Waals surface area contributed by atoms with Crippen molar-refractivity contribution in [1.29, 1.82) is 0 Å². The van der Waals surface area contributed by atoms with Crippen LogP contribution in [0.3, 0.4) is 0 Å². The lowest BCUT2D eigenvalue weighted by atomic mass is 9.92. The van der Waals surface area contributed by atoms with Crippen molar-refractivity contribution >= 4 is 68.4 Å². The van der Waals surface area contributed by atoms with E-state index in [-0.39, 0.29) is 17.7 Å². The molecule has 0 saturated heterocycles. The van der Waals surface area contributed by atoms with Crippen molar-refractivity contribution in [2.75, 3.05) is 13.7 Å². The van der Waals surface area contributed by atoms with Crippen molar-refractivity contribution in [3.05, 3.63) is 124 Å². The molecular weight excluding hydrogens is 700 g/mol. The number of rotatable bonds is 8. The fourth-order valence-corrected chi connectivity index (χ4v) is 7.32. The van der Waals surface area contributed by atoms with Crippen LogP contribution in [0.4, 0.5) is 0 Å². The van der Waals surface area contributed by atoms with Crippen molar-refractivity contribution in [2.24, 2.45) is 4.99 Å². The zero-order valence-electron chi connectivity index (χ0n) is 24.1. The third-order valence-electron chi connectivity index (χ3n) is 6.76. The summed E-state index contributed by atoms with van der Waals surface area (Å²) in [6.45, 7) is 3.75. The molecule has 3 aromatic heterocycles. The van der Waals surface area contributed by atoms with Crippen molar-refractivity contribution in [3.8, 4) is 5.75 Å². The minimum absolute atomic E-state index is 0.134. The first-order valence-corrected chi connectivity index (χ1v) is 16.5. The summed E-state index contributed by atoms with van der Waals surface area (Å²) < 4.78 is 19.8. The van der Waals surface area contributed by atoms with Gasteiger partial charge < -0.3 is 13.9 Å².